The maximum absolute atomic E-state index is 3.69. The number of hydrogen-bond donors (Lipinski definition) is 1. The van der Waals surface area contributed by atoms with Gasteiger partial charge >= 0.3 is 0 Å². The molecule has 0 saturated carbocycles. The fourth-order valence-corrected chi connectivity index (χ4v) is 3.89. The zero-order valence-corrected chi connectivity index (χ0v) is 14.7. The number of aryl methyl sites for hydroxylation is 3. The van der Waals surface area contributed by atoms with E-state index >= 15 is 0 Å². The SMILES string of the molecule is CCC1(CC)CNC(C)CN1Cc1c(C)cc(C)cc1C. The van der Waals surface area contributed by atoms with Crippen LogP contribution in [0.3, 0.4) is 0 Å². The van der Waals surface area contributed by atoms with E-state index in [-0.39, 0.29) is 0 Å². The van der Waals surface area contributed by atoms with Crippen LogP contribution in [0.15, 0.2) is 12.1 Å². The van der Waals surface area contributed by atoms with Gasteiger partial charge in [0.25, 0.3) is 0 Å². The molecule has 0 spiro atoms. The molecule has 2 rings (SSSR count). The Morgan fingerprint density at radius 1 is 1.14 bits per heavy atom. The molecule has 1 N–H and O–H groups in total. The first-order valence-electron chi connectivity index (χ1n) is 8.47. The van der Waals surface area contributed by atoms with Gasteiger partial charge in [-0.15, -0.1) is 0 Å². The minimum atomic E-state index is 0.316. The van der Waals surface area contributed by atoms with Gasteiger partial charge in [-0.1, -0.05) is 31.5 Å². The summed E-state index contributed by atoms with van der Waals surface area (Å²) in [5.41, 5.74) is 6.11. The van der Waals surface area contributed by atoms with E-state index in [0.29, 0.717) is 11.6 Å². The van der Waals surface area contributed by atoms with E-state index in [1.54, 1.807) is 0 Å². The number of piperazine rings is 1. The highest BCUT2D eigenvalue weighted by Gasteiger charge is 2.37. The fourth-order valence-electron chi connectivity index (χ4n) is 3.89. The maximum Gasteiger partial charge on any atom is 0.0333 e. The lowest BCUT2D eigenvalue weighted by Crippen LogP contribution is -2.63. The van der Waals surface area contributed by atoms with Gasteiger partial charge in [-0.3, -0.25) is 4.90 Å². The molecule has 21 heavy (non-hydrogen) atoms. The Hall–Kier alpha value is -0.860. The molecule has 0 bridgehead atoms. The Labute approximate surface area is 130 Å². The zero-order chi connectivity index (χ0) is 15.6. The molecule has 0 aromatic heterocycles. The topological polar surface area (TPSA) is 15.3 Å². The van der Waals surface area contributed by atoms with Crippen molar-refractivity contribution in [3.8, 4) is 0 Å². The quantitative estimate of drug-likeness (QED) is 0.902. The highest BCUT2D eigenvalue weighted by Crippen LogP contribution is 2.30. The van der Waals surface area contributed by atoms with E-state index in [2.05, 4.69) is 63.9 Å². The monoisotopic (exact) mass is 288 g/mol. The van der Waals surface area contributed by atoms with Crippen molar-refractivity contribution >= 4 is 0 Å². The lowest BCUT2D eigenvalue weighted by molar-refractivity contribution is 0.0275. The van der Waals surface area contributed by atoms with Crippen molar-refractivity contribution in [1.82, 2.24) is 10.2 Å². The number of rotatable bonds is 4. The van der Waals surface area contributed by atoms with Crippen LogP contribution >= 0.6 is 0 Å². The van der Waals surface area contributed by atoms with Gasteiger partial charge in [0.05, 0.1) is 0 Å². The van der Waals surface area contributed by atoms with Crippen molar-refractivity contribution in [1.29, 1.82) is 0 Å². The number of benzene rings is 1. The summed E-state index contributed by atoms with van der Waals surface area (Å²) in [5, 5.41) is 3.69. The molecule has 2 nitrogen and oxygen atoms in total. The van der Waals surface area contributed by atoms with E-state index in [9.17, 15) is 0 Å². The van der Waals surface area contributed by atoms with Gasteiger partial charge in [0.15, 0.2) is 0 Å². The second kappa shape index (κ2) is 6.50. The minimum absolute atomic E-state index is 0.316. The van der Waals surface area contributed by atoms with Crippen LogP contribution in [0.1, 0.15) is 55.9 Å². The van der Waals surface area contributed by atoms with Crippen LogP contribution < -0.4 is 5.32 Å². The summed E-state index contributed by atoms with van der Waals surface area (Å²) in [6, 6.07) is 5.24. The Bertz CT molecular complexity index is 465. The van der Waals surface area contributed by atoms with Gasteiger partial charge in [-0.2, -0.15) is 0 Å². The Balaban J connectivity index is 2.31. The van der Waals surface area contributed by atoms with Crippen LogP contribution in [0.2, 0.25) is 0 Å². The molecule has 1 aliphatic rings. The third kappa shape index (κ3) is 3.32. The van der Waals surface area contributed by atoms with E-state index in [1.165, 1.54) is 35.1 Å². The molecular formula is C19H32N2. The van der Waals surface area contributed by atoms with Gasteiger partial charge < -0.3 is 5.32 Å². The van der Waals surface area contributed by atoms with Crippen molar-refractivity contribution < 1.29 is 0 Å². The summed E-state index contributed by atoms with van der Waals surface area (Å²) >= 11 is 0. The molecule has 1 aromatic rings. The highest BCUT2D eigenvalue weighted by molar-refractivity contribution is 5.37. The highest BCUT2D eigenvalue weighted by atomic mass is 15.3. The Morgan fingerprint density at radius 3 is 2.24 bits per heavy atom. The number of nitrogens with zero attached hydrogens (tertiary/aromatic N) is 1. The Morgan fingerprint density at radius 2 is 1.71 bits per heavy atom. The van der Waals surface area contributed by atoms with Crippen molar-refractivity contribution in [3.05, 3.63) is 34.4 Å². The fraction of sp³-hybridized carbons (Fsp3) is 0.684. The average molecular weight is 288 g/mol. The van der Waals surface area contributed by atoms with E-state index < -0.39 is 0 Å². The first-order valence-corrected chi connectivity index (χ1v) is 8.47. The summed E-state index contributed by atoms with van der Waals surface area (Å²) in [6.07, 6.45) is 2.43. The largest absolute Gasteiger partial charge is 0.311 e. The first-order chi connectivity index (χ1) is 9.91. The molecule has 1 heterocycles. The zero-order valence-electron chi connectivity index (χ0n) is 14.7. The minimum Gasteiger partial charge on any atom is -0.311 e. The molecule has 1 aromatic carbocycles. The van der Waals surface area contributed by atoms with Crippen LogP contribution in [0.25, 0.3) is 0 Å². The van der Waals surface area contributed by atoms with Gasteiger partial charge in [-0.05, 0) is 57.2 Å². The molecular weight excluding hydrogens is 256 g/mol. The average Bonchev–Trinajstić information content (AvgIpc) is 2.43. The van der Waals surface area contributed by atoms with Crippen LogP contribution in [0, 0.1) is 20.8 Å². The number of nitrogens with one attached hydrogen (secondary N) is 1. The predicted octanol–water partition coefficient (Wildman–Crippen LogP) is 3.96. The van der Waals surface area contributed by atoms with Crippen molar-refractivity contribution in [2.24, 2.45) is 0 Å². The van der Waals surface area contributed by atoms with Gasteiger partial charge in [-0.25, -0.2) is 0 Å². The normalized spacial score (nSPS) is 22.5. The van der Waals surface area contributed by atoms with Gasteiger partial charge in [0.1, 0.15) is 0 Å². The maximum atomic E-state index is 3.69. The van der Waals surface area contributed by atoms with E-state index in [4.69, 9.17) is 0 Å². The molecule has 1 unspecified atom stereocenters. The van der Waals surface area contributed by atoms with Crippen molar-refractivity contribution in [2.75, 3.05) is 13.1 Å². The summed E-state index contributed by atoms with van der Waals surface area (Å²) in [6.45, 7) is 17.1. The molecule has 0 amide bonds. The van der Waals surface area contributed by atoms with Crippen molar-refractivity contribution in [3.63, 3.8) is 0 Å². The number of hydrogen-bond acceptors (Lipinski definition) is 2. The summed E-state index contributed by atoms with van der Waals surface area (Å²) in [7, 11) is 0. The van der Waals surface area contributed by atoms with E-state index in [0.717, 1.165) is 19.6 Å². The lowest BCUT2D eigenvalue weighted by Gasteiger charge is -2.49. The first kappa shape index (κ1) is 16.5. The molecule has 1 fully saturated rings. The van der Waals surface area contributed by atoms with E-state index in [1.807, 2.05) is 0 Å². The predicted molar refractivity (Wildman–Crippen MR) is 91.8 cm³/mol. The van der Waals surface area contributed by atoms with Crippen LogP contribution in [0.4, 0.5) is 0 Å². The lowest BCUT2D eigenvalue weighted by atomic mass is 9.86. The molecule has 1 aliphatic heterocycles. The Kier molecular flexibility index (Phi) is 5.11. The molecule has 1 atom stereocenters. The summed E-state index contributed by atoms with van der Waals surface area (Å²) < 4.78 is 0. The third-order valence-corrected chi connectivity index (χ3v) is 5.45. The molecule has 1 saturated heterocycles. The van der Waals surface area contributed by atoms with Crippen LogP contribution in [-0.4, -0.2) is 29.6 Å². The standard InChI is InChI=1S/C19H32N2/c1-7-19(8-2)13-20-17(6)11-21(19)12-18-15(4)9-14(3)10-16(18)5/h9-10,17,20H,7-8,11-13H2,1-6H3. The van der Waals surface area contributed by atoms with Gasteiger partial charge in [0, 0.05) is 31.2 Å². The molecule has 0 radical (unpaired) electrons. The second-order valence-corrected chi connectivity index (χ2v) is 6.97. The third-order valence-electron chi connectivity index (χ3n) is 5.45. The van der Waals surface area contributed by atoms with Crippen LogP contribution in [0.5, 0.6) is 0 Å². The van der Waals surface area contributed by atoms with Gasteiger partial charge in [0.2, 0.25) is 0 Å². The molecule has 118 valence electrons. The van der Waals surface area contributed by atoms with Crippen LogP contribution in [-0.2, 0) is 6.54 Å². The van der Waals surface area contributed by atoms with Crippen molar-refractivity contribution in [2.45, 2.75) is 72.5 Å². The smallest absolute Gasteiger partial charge is 0.0333 e. The molecule has 2 heteroatoms. The molecule has 0 aliphatic carbocycles. The second-order valence-electron chi connectivity index (χ2n) is 6.97. The summed E-state index contributed by atoms with van der Waals surface area (Å²) in [5.74, 6) is 0. The summed E-state index contributed by atoms with van der Waals surface area (Å²) in [4.78, 5) is 2.73.